The Morgan fingerprint density at radius 3 is 2.35 bits per heavy atom. The highest BCUT2D eigenvalue weighted by atomic mass is 35.5. The highest BCUT2D eigenvalue weighted by Gasteiger charge is 2.11. The van der Waals surface area contributed by atoms with Crippen LogP contribution in [0.4, 0.5) is 0 Å². The Morgan fingerprint density at radius 2 is 1.76 bits per heavy atom. The summed E-state index contributed by atoms with van der Waals surface area (Å²) in [4.78, 5) is 0. The lowest BCUT2D eigenvalue weighted by Crippen LogP contribution is -2.25. The Bertz CT molecular complexity index is 339. The molecule has 0 spiro atoms. The molecule has 3 nitrogen and oxygen atoms in total. The zero-order valence-corrected chi connectivity index (χ0v) is 11.4. The first-order valence-corrected chi connectivity index (χ1v) is 6.24. The third-order valence-corrected chi connectivity index (χ3v) is 2.80. The van der Waals surface area contributed by atoms with E-state index in [1.807, 2.05) is 13.8 Å². The molecular formula is C12H16Cl2O3. The highest BCUT2D eigenvalue weighted by Crippen LogP contribution is 2.31. The standard InChI is InChI=1S/C12H16Cl2O3/c1-3-15-11(16-4-2)8-17-10-7-5-6-9(13)12(10)14/h5-7,11H,3-4,8H2,1-2H3. The summed E-state index contributed by atoms with van der Waals surface area (Å²) in [6.45, 7) is 5.22. The molecule has 0 saturated heterocycles. The van der Waals surface area contributed by atoms with Crippen LogP contribution in [-0.4, -0.2) is 26.1 Å². The van der Waals surface area contributed by atoms with Crippen molar-refractivity contribution in [3.63, 3.8) is 0 Å². The first kappa shape index (κ1) is 14.6. The summed E-state index contributed by atoms with van der Waals surface area (Å²) in [6.07, 6.45) is -0.389. The largest absolute Gasteiger partial charge is 0.487 e. The van der Waals surface area contributed by atoms with Gasteiger partial charge in [-0.15, -0.1) is 0 Å². The van der Waals surface area contributed by atoms with Crippen LogP contribution in [0.5, 0.6) is 5.75 Å². The second kappa shape index (κ2) is 7.77. The van der Waals surface area contributed by atoms with Gasteiger partial charge in [0.2, 0.25) is 0 Å². The summed E-state index contributed by atoms with van der Waals surface area (Å²) in [5, 5.41) is 0.870. The van der Waals surface area contributed by atoms with Gasteiger partial charge in [0.05, 0.1) is 5.02 Å². The molecule has 0 N–H and O–H groups in total. The Morgan fingerprint density at radius 1 is 1.12 bits per heavy atom. The minimum absolute atomic E-state index is 0.280. The molecule has 0 aromatic heterocycles. The fraction of sp³-hybridized carbons (Fsp3) is 0.500. The molecule has 0 unspecified atom stereocenters. The lowest BCUT2D eigenvalue weighted by Gasteiger charge is -2.18. The normalized spacial score (nSPS) is 10.9. The zero-order chi connectivity index (χ0) is 12.7. The maximum absolute atomic E-state index is 5.99. The monoisotopic (exact) mass is 278 g/mol. The van der Waals surface area contributed by atoms with Crippen molar-refractivity contribution in [3.8, 4) is 5.75 Å². The maximum Gasteiger partial charge on any atom is 0.191 e. The van der Waals surface area contributed by atoms with Crippen LogP contribution in [-0.2, 0) is 9.47 Å². The van der Waals surface area contributed by atoms with Crippen LogP contribution < -0.4 is 4.74 Å². The summed E-state index contributed by atoms with van der Waals surface area (Å²) >= 11 is 11.9. The zero-order valence-electron chi connectivity index (χ0n) is 9.91. The van der Waals surface area contributed by atoms with Crippen molar-refractivity contribution in [2.45, 2.75) is 20.1 Å². The molecule has 1 aromatic rings. The van der Waals surface area contributed by atoms with E-state index in [4.69, 9.17) is 37.4 Å². The second-order valence-electron chi connectivity index (χ2n) is 3.20. The molecule has 0 radical (unpaired) electrons. The van der Waals surface area contributed by atoms with Crippen LogP contribution in [0.1, 0.15) is 13.8 Å². The maximum atomic E-state index is 5.99. The van der Waals surface area contributed by atoms with Crippen LogP contribution in [0, 0.1) is 0 Å². The fourth-order valence-electron chi connectivity index (χ4n) is 1.27. The van der Waals surface area contributed by atoms with Gasteiger partial charge in [-0.2, -0.15) is 0 Å². The second-order valence-corrected chi connectivity index (χ2v) is 3.99. The van der Waals surface area contributed by atoms with E-state index in [9.17, 15) is 0 Å². The lowest BCUT2D eigenvalue weighted by molar-refractivity contribution is -0.152. The smallest absolute Gasteiger partial charge is 0.191 e. The van der Waals surface area contributed by atoms with E-state index in [1.54, 1.807) is 18.2 Å². The molecule has 0 bridgehead atoms. The first-order valence-electron chi connectivity index (χ1n) is 5.49. The van der Waals surface area contributed by atoms with Crippen molar-refractivity contribution < 1.29 is 14.2 Å². The summed E-state index contributed by atoms with van der Waals surface area (Å²) in [5.74, 6) is 0.531. The predicted molar refractivity (Wildman–Crippen MR) is 69.0 cm³/mol. The van der Waals surface area contributed by atoms with E-state index in [1.165, 1.54) is 0 Å². The van der Waals surface area contributed by atoms with Gasteiger partial charge in [-0.1, -0.05) is 29.3 Å². The average molecular weight is 279 g/mol. The van der Waals surface area contributed by atoms with Gasteiger partial charge in [0.25, 0.3) is 0 Å². The third-order valence-electron chi connectivity index (χ3n) is 2.00. The number of halogens is 2. The molecule has 96 valence electrons. The number of benzene rings is 1. The summed E-state index contributed by atoms with van der Waals surface area (Å²) in [7, 11) is 0. The minimum atomic E-state index is -0.389. The lowest BCUT2D eigenvalue weighted by atomic mass is 10.3. The Kier molecular flexibility index (Phi) is 6.66. The first-order chi connectivity index (χ1) is 8.19. The molecule has 0 aliphatic carbocycles. The van der Waals surface area contributed by atoms with E-state index in [-0.39, 0.29) is 12.9 Å². The molecule has 17 heavy (non-hydrogen) atoms. The number of rotatable bonds is 7. The van der Waals surface area contributed by atoms with Gasteiger partial charge in [0.15, 0.2) is 6.29 Å². The highest BCUT2D eigenvalue weighted by molar-refractivity contribution is 6.42. The van der Waals surface area contributed by atoms with Crippen LogP contribution in [0.25, 0.3) is 0 Å². The van der Waals surface area contributed by atoms with Crippen molar-refractivity contribution >= 4 is 23.2 Å². The van der Waals surface area contributed by atoms with E-state index in [2.05, 4.69) is 0 Å². The van der Waals surface area contributed by atoms with Crippen molar-refractivity contribution in [2.75, 3.05) is 19.8 Å². The summed E-state index contributed by atoms with van der Waals surface area (Å²) < 4.78 is 16.2. The van der Waals surface area contributed by atoms with Crippen LogP contribution in [0.15, 0.2) is 18.2 Å². The Labute approximate surface area is 112 Å². The Balaban J connectivity index is 2.55. The van der Waals surface area contributed by atoms with E-state index < -0.39 is 0 Å². The molecule has 0 heterocycles. The van der Waals surface area contributed by atoms with Gasteiger partial charge < -0.3 is 14.2 Å². The van der Waals surface area contributed by atoms with Gasteiger partial charge in [0, 0.05) is 13.2 Å². The quantitative estimate of drug-likeness (QED) is 0.711. The fourth-order valence-corrected chi connectivity index (χ4v) is 1.62. The van der Waals surface area contributed by atoms with E-state index in [0.29, 0.717) is 29.0 Å². The molecule has 0 aliphatic heterocycles. The summed E-state index contributed by atoms with van der Waals surface area (Å²) in [5.41, 5.74) is 0. The Hall–Kier alpha value is -0.480. The van der Waals surface area contributed by atoms with Crippen molar-refractivity contribution in [3.05, 3.63) is 28.2 Å². The number of ether oxygens (including phenoxy) is 3. The van der Waals surface area contributed by atoms with Crippen LogP contribution in [0.3, 0.4) is 0 Å². The number of hydrogen-bond donors (Lipinski definition) is 0. The van der Waals surface area contributed by atoms with Crippen molar-refractivity contribution in [1.29, 1.82) is 0 Å². The summed E-state index contributed by atoms with van der Waals surface area (Å²) in [6, 6.07) is 5.24. The molecule has 0 aliphatic rings. The third kappa shape index (κ3) is 4.72. The van der Waals surface area contributed by atoms with Crippen LogP contribution in [0.2, 0.25) is 10.0 Å². The topological polar surface area (TPSA) is 27.7 Å². The van der Waals surface area contributed by atoms with Gasteiger partial charge in [-0.05, 0) is 26.0 Å². The molecule has 0 fully saturated rings. The molecule has 1 rings (SSSR count). The minimum Gasteiger partial charge on any atom is -0.487 e. The molecule has 1 aromatic carbocycles. The molecule has 5 heteroatoms. The van der Waals surface area contributed by atoms with E-state index >= 15 is 0 Å². The van der Waals surface area contributed by atoms with Crippen molar-refractivity contribution in [2.24, 2.45) is 0 Å². The predicted octanol–water partition coefficient (Wildman–Crippen LogP) is 3.77. The number of hydrogen-bond acceptors (Lipinski definition) is 3. The van der Waals surface area contributed by atoms with Crippen LogP contribution >= 0.6 is 23.2 Å². The molecule has 0 amide bonds. The molecule has 0 atom stereocenters. The van der Waals surface area contributed by atoms with Crippen molar-refractivity contribution in [1.82, 2.24) is 0 Å². The molecular weight excluding hydrogens is 263 g/mol. The van der Waals surface area contributed by atoms with E-state index in [0.717, 1.165) is 0 Å². The average Bonchev–Trinajstić information content (AvgIpc) is 2.31. The van der Waals surface area contributed by atoms with Gasteiger partial charge in [-0.3, -0.25) is 0 Å². The van der Waals surface area contributed by atoms with Gasteiger partial charge >= 0.3 is 0 Å². The SMILES string of the molecule is CCOC(COc1cccc(Cl)c1Cl)OCC. The molecule has 0 saturated carbocycles. The van der Waals surface area contributed by atoms with Gasteiger partial charge in [-0.25, -0.2) is 0 Å². The van der Waals surface area contributed by atoms with Gasteiger partial charge in [0.1, 0.15) is 17.4 Å².